The number of hydrogen-bond donors (Lipinski definition) is 1. The lowest BCUT2D eigenvalue weighted by Gasteiger charge is -2.33. The highest BCUT2D eigenvalue weighted by atomic mass is 79.9. The molecule has 0 aliphatic heterocycles. The number of hydrogen-bond acceptors (Lipinski definition) is 3. The average Bonchev–Trinajstić information content (AvgIpc) is 2.60. The zero-order valence-corrected chi connectivity index (χ0v) is 20.7. The predicted octanol–water partition coefficient (Wildman–Crippen LogP) is 7.38. The number of nitrogens with one attached hydrogen (secondary N) is 1. The van der Waals surface area contributed by atoms with Gasteiger partial charge in [-0.05, 0) is 56.4 Å². The highest BCUT2D eigenvalue weighted by molar-refractivity contribution is 9.10. The van der Waals surface area contributed by atoms with E-state index in [4.69, 9.17) is 21.1 Å². The van der Waals surface area contributed by atoms with Crippen molar-refractivity contribution in [2.75, 3.05) is 6.61 Å². The van der Waals surface area contributed by atoms with Crippen molar-refractivity contribution >= 4 is 27.5 Å². The Morgan fingerprint density at radius 1 is 0.966 bits per heavy atom. The van der Waals surface area contributed by atoms with Crippen molar-refractivity contribution in [3.05, 3.63) is 57.0 Å². The summed E-state index contributed by atoms with van der Waals surface area (Å²) in [5.41, 5.74) is 2.38. The van der Waals surface area contributed by atoms with E-state index in [1.54, 1.807) is 0 Å². The summed E-state index contributed by atoms with van der Waals surface area (Å²) in [4.78, 5) is 0. The summed E-state index contributed by atoms with van der Waals surface area (Å²) >= 11 is 9.95. The zero-order chi connectivity index (χ0) is 21.7. The van der Waals surface area contributed by atoms with Crippen molar-refractivity contribution in [2.45, 2.75) is 66.7 Å². The topological polar surface area (TPSA) is 30.5 Å². The van der Waals surface area contributed by atoms with Crippen molar-refractivity contribution in [1.29, 1.82) is 0 Å². The van der Waals surface area contributed by atoms with Crippen LogP contribution in [0.2, 0.25) is 5.02 Å². The summed E-state index contributed by atoms with van der Waals surface area (Å²) in [5.74, 6) is 1.45. The van der Waals surface area contributed by atoms with Gasteiger partial charge in [-0.25, -0.2) is 0 Å². The van der Waals surface area contributed by atoms with Gasteiger partial charge in [0, 0.05) is 27.1 Å². The van der Waals surface area contributed by atoms with Crippen LogP contribution in [0.1, 0.15) is 59.1 Å². The minimum absolute atomic E-state index is 0.0305. The highest BCUT2D eigenvalue weighted by Crippen LogP contribution is 2.35. The second-order valence-corrected chi connectivity index (χ2v) is 10.4. The third-order valence-electron chi connectivity index (χ3n) is 4.48. The molecule has 0 radical (unpaired) electrons. The Kier molecular flexibility index (Phi) is 8.45. The minimum atomic E-state index is 0.0305. The van der Waals surface area contributed by atoms with Crippen molar-refractivity contribution in [3.63, 3.8) is 0 Å². The molecule has 5 heteroatoms. The maximum Gasteiger partial charge on any atom is 0.162 e. The van der Waals surface area contributed by atoms with Crippen LogP contribution in [0, 0.1) is 5.41 Å². The first-order valence-electron chi connectivity index (χ1n) is 10.1. The van der Waals surface area contributed by atoms with Crippen molar-refractivity contribution in [1.82, 2.24) is 5.32 Å². The third kappa shape index (κ3) is 7.84. The molecule has 29 heavy (non-hydrogen) atoms. The molecule has 2 rings (SSSR count). The standard InChI is InChI=1S/C24H33BrClNO2/c1-7-28-21-12-18(14-27-24(5,6)16-23(2,3)4)19(25)13-22(21)29-15-17-10-8-9-11-20(17)26/h8-13,27H,7,14-16H2,1-6H3. The van der Waals surface area contributed by atoms with Gasteiger partial charge in [-0.3, -0.25) is 0 Å². The monoisotopic (exact) mass is 481 g/mol. The van der Waals surface area contributed by atoms with Crippen LogP contribution in [0.3, 0.4) is 0 Å². The van der Waals surface area contributed by atoms with Gasteiger partial charge in [0.25, 0.3) is 0 Å². The molecule has 0 saturated heterocycles. The minimum Gasteiger partial charge on any atom is -0.490 e. The molecule has 1 N–H and O–H groups in total. The van der Waals surface area contributed by atoms with E-state index in [9.17, 15) is 0 Å². The van der Waals surface area contributed by atoms with E-state index >= 15 is 0 Å². The summed E-state index contributed by atoms with van der Waals surface area (Å²) < 4.78 is 12.9. The SMILES string of the molecule is CCOc1cc(CNC(C)(C)CC(C)(C)C)c(Br)cc1OCc1ccccc1Cl. The Morgan fingerprint density at radius 3 is 2.24 bits per heavy atom. The fourth-order valence-corrected chi connectivity index (χ4v) is 4.24. The van der Waals surface area contributed by atoms with Gasteiger partial charge in [-0.15, -0.1) is 0 Å². The molecule has 3 nitrogen and oxygen atoms in total. The molecular weight excluding hydrogens is 450 g/mol. The van der Waals surface area contributed by atoms with Crippen LogP contribution in [0.25, 0.3) is 0 Å². The number of benzene rings is 2. The van der Waals surface area contributed by atoms with E-state index < -0.39 is 0 Å². The lowest BCUT2D eigenvalue weighted by molar-refractivity contribution is 0.240. The van der Waals surface area contributed by atoms with Crippen LogP contribution in [0.4, 0.5) is 0 Å². The van der Waals surface area contributed by atoms with Gasteiger partial charge >= 0.3 is 0 Å². The normalized spacial score (nSPS) is 12.1. The van der Waals surface area contributed by atoms with Gasteiger partial charge in [0.2, 0.25) is 0 Å². The Labute approximate surface area is 189 Å². The fourth-order valence-electron chi connectivity index (χ4n) is 3.59. The number of halogens is 2. The molecular formula is C24H33BrClNO2. The second kappa shape index (κ2) is 10.2. The molecule has 0 amide bonds. The number of rotatable bonds is 9. The van der Waals surface area contributed by atoms with E-state index in [1.165, 1.54) is 0 Å². The summed E-state index contributed by atoms with van der Waals surface area (Å²) in [6.07, 6.45) is 1.08. The smallest absolute Gasteiger partial charge is 0.162 e. The molecule has 0 spiro atoms. The van der Waals surface area contributed by atoms with Gasteiger partial charge in [0.05, 0.1) is 6.61 Å². The number of ether oxygens (including phenoxy) is 2. The molecule has 0 saturated carbocycles. The second-order valence-electron chi connectivity index (χ2n) is 9.18. The van der Waals surface area contributed by atoms with E-state index in [2.05, 4.69) is 61.9 Å². The lowest BCUT2D eigenvalue weighted by atomic mass is 9.82. The fraction of sp³-hybridized carbons (Fsp3) is 0.500. The summed E-state index contributed by atoms with van der Waals surface area (Å²) in [7, 11) is 0. The molecule has 0 fully saturated rings. The quantitative estimate of drug-likeness (QED) is 0.404. The van der Waals surface area contributed by atoms with Crippen LogP contribution in [0.15, 0.2) is 40.9 Å². The molecule has 0 aliphatic rings. The highest BCUT2D eigenvalue weighted by Gasteiger charge is 2.25. The Balaban J connectivity index is 2.15. The van der Waals surface area contributed by atoms with Gasteiger partial charge < -0.3 is 14.8 Å². The maximum atomic E-state index is 6.25. The first-order valence-corrected chi connectivity index (χ1v) is 11.2. The first-order chi connectivity index (χ1) is 13.5. The van der Waals surface area contributed by atoms with E-state index in [-0.39, 0.29) is 11.0 Å². The zero-order valence-electron chi connectivity index (χ0n) is 18.4. The van der Waals surface area contributed by atoms with Crippen molar-refractivity contribution < 1.29 is 9.47 Å². The summed E-state index contributed by atoms with van der Waals surface area (Å²) in [5, 5.41) is 4.38. The van der Waals surface area contributed by atoms with Crippen molar-refractivity contribution in [3.8, 4) is 11.5 Å². The molecule has 0 unspecified atom stereocenters. The van der Waals surface area contributed by atoms with Gasteiger partial charge in [-0.1, -0.05) is 66.5 Å². The van der Waals surface area contributed by atoms with Crippen molar-refractivity contribution in [2.24, 2.45) is 5.41 Å². The average molecular weight is 483 g/mol. The van der Waals surface area contributed by atoms with Crippen LogP contribution in [-0.2, 0) is 13.2 Å². The van der Waals surface area contributed by atoms with Crippen LogP contribution < -0.4 is 14.8 Å². The van der Waals surface area contributed by atoms with Crippen LogP contribution in [0.5, 0.6) is 11.5 Å². The molecule has 0 aromatic heterocycles. The molecule has 0 atom stereocenters. The Morgan fingerprint density at radius 2 is 1.62 bits per heavy atom. The Hall–Kier alpha value is -1.23. The largest absolute Gasteiger partial charge is 0.490 e. The van der Waals surface area contributed by atoms with Crippen LogP contribution in [-0.4, -0.2) is 12.1 Å². The van der Waals surface area contributed by atoms with E-state index in [1.807, 2.05) is 37.3 Å². The van der Waals surface area contributed by atoms with E-state index in [0.717, 1.165) is 34.3 Å². The molecule has 2 aromatic carbocycles. The summed E-state index contributed by atoms with van der Waals surface area (Å²) in [6.45, 7) is 15.0. The molecule has 0 heterocycles. The lowest BCUT2D eigenvalue weighted by Crippen LogP contribution is -2.41. The molecule has 0 aliphatic carbocycles. The molecule has 0 bridgehead atoms. The first kappa shape index (κ1) is 24.0. The molecule has 2 aromatic rings. The van der Waals surface area contributed by atoms with E-state index in [0.29, 0.717) is 24.0 Å². The van der Waals surface area contributed by atoms with Gasteiger partial charge in [0.15, 0.2) is 11.5 Å². The summed E-state index contributed by atoms with van der Waals surface area (Å²) in [6, 6.07) is 11.7. The van der Waals surface area contributed by atoms with Gasteiger partial charge in [0.1, 0.15) is 6.61 Å². The van der Waals surface area contributed by atoms with Gasteiger partial charge in [-0.2, -0.15) is 0 Å². The van der Waals surface area contributed by atoms with Crippen LogP contribution >= 0.6 is 27.5 Å². The molecule has 160 valence electrons. The predicted molar refractivity (Wildman–Crippen MR) is 126 cm³/mol. The third-order valence-corrected chi connectivity index (χ3v) is 5.59. The Bertz CT molecular complexity index is 815. The maximum absolute atomic E-state index is 6.25.